The van der Waals surface area contributed by atoms with Gasteiger partial charge in [0.15, 0.2) is 0 Å². The van der Waals surface area contributed by atoms with E-state index in [2.05, 4.69) is 4.98 Å². The molecule has 1 heterocycles. The molecule has 0 saturated heterocycles. The van der Waals surface area contributed by atoms with Gasteiger partial charge < -0.3 is 10.6 Å². The van der Waals surface area contributed by atoms with Gasteiger partial charge in [0.1, 0.15) is 0 Å². The van der Waals surface area contributed by atoms with Gasteiger partial charge in [0.25, 0.3) is 5.91 Å². The number of aromatic nitrogens is 1. The Morgan fingerprint density at radius 3 is 2.81 bits per heavy atom. The van der Waals surface area contributed by atoms with Crippen molar-refractivity contribution in [2.24, 2.45) is 0 Å². The van der Waals surface area contributed by atoms with E-state index in [0.717, 1.165) is 29.8 Å². The Hall–Kier alpha value is -2.36. The van der Waals surface area contributed by atoms with E-state index >= 15 is 0 Å². The number of nitrogen functional groups attached to an aromatic ring is 1. The highest BCUT2D eigenvalue weighted by atomic mass is 16.2. The summed E-state index contributed by atoms with van der Waals surface area (Å²) in [5.41, 5.74) is 9.19. The first kappa shape index (κ1) is 13.6. The van der Waals surface area contributed by atoms with Gasteiger partial charge in [-0.1, -0.05) is 12.1 Å². The monoisotopic (exact) mass is 281 g/mol. The molecular weight excluding hydrogens is 262 g/mol. The van der Waals surface area contributed by atoms with E-state index in [9.17, 15) is 4.79 Å². The molecule has 0 atom stereocenters. The molecule has 1 aliphatic rings. The maximum Gasteiger partial charge on any atom is 0.254 e. The third kappa shape index (κ3) is 3.21. The third-order valence-corrected chi connectivity index (χ3v) is 3.70. The number of aryl methyl sites for hydroxylation is 1. The Balaban J connectivity index is 1.83. The number of carbonyl (C=O) groups excluding carboxylic acids is 1. The predicted molar refractivity (Wildman–Crippen MR) is 82.7 cm³/mol. The molecule has 0 aliphatic heterocycles. The highest BCUT2D eigenvalue weighted by Gasteiger charge is 2.33. The minimum atomic E-state index is 0.0745. The summed E-state index contributed by atoms with van der Waals surface area (Å²) < 4.78 is 0. The summed E-state index contributed by atoms with van der Waals surface area (Å²) >= 11 is 0. The first-order valence-corrected chi connectivity index (χ1v) is 7.21. The van der Waals surface area contributed by atoms with E-state index in [1.165, 1.54) is 0 Å². The van der Waals surface area contributed by atoms with Crippen LogP contribution in [0.3, 0.4) is 0 Å². The smallest absolute Gasteiger partial charge is 0.254 e. The lowest BCUT2D eigenvalue weighted by atomic mass is 10.1. The maximum absolute atomic E-state index is 12.7. The van der Waals surface area contributed by atoms with Crippen LogP contribution in [0.15, 0.2) is 42.6 Å². The Kier molecular flexibility index (Phi) is 3.60. The Morgan fingerprint density at radius 2 is 2.14 bits per heavy atom. The summed E-state index contributed by atoms with van der Waals surface area (Å²) in [6, 6.07) is 11.7. The number of amides is 1. The quantitative estimate of drug-likeness (QED) is 0.877. The van der Waals surface area contributed by atoms with Gasteiger partial charge in [-0.2, -0.15) is 0 Å². The molecule has 4 heteroatoms. The van der Waals surface area contributed by atoms with Gasteiger partial charge >= 0.3 is 0 Å². The van der Waals surface area contributed by atoms with Crippen molar-refractivity contribution in [3.8, 4) is 0 Å². The number of hydrogen-bond donors (Lipinski definition) is 1. The molecule has 4 nitrogen and oxygen atoms in total. The SMILES string of the molecule is Cc1cc(C(=O)N(Cc2cccc(N)c2)C2CC2)ccn1. The topological polar surface area (TPSA) is 59.2 Å². The molecule has 0 radical (unpaired) electrons. The van der Waals surface area contributed by atoms with Gasteiger partial charge in [-0.05, 0) is 49.6 Å². The van der Waals surface area contributed by atoms with Crippen molar-refractivity contribution in [3.05, 3.63) is 59.4 Å². The second-order valence-corrected chi connectivity index (χ2v) is 5.60. The van der Waals surface area contributed by atoms with Gasteiger partial charge in [0.05, 0.1) is 0 Å². The molecule has 0 spiro atoms. The normalized spacial score (nSPS) is 14.0. The molecule has 21 heavy (non-hydrogen) atoms. The molecule has 0 bridgehead atoms. The average molecular weight is 281 g/mol. The lowest BCUT2D eigenvalue weighted by Crippen LogP contribution is -2.32. The Labute approximate surface area is 124 Å². The van der Waals surface area contributed by atoms with E-state index in [1.54, 1.807) is 12.3 Å². The molecule has 2 N–H and O–H groups in total. The van der Waals surface area contributed by atoms with Crippen LogP contribution in [0.2, 0.25) is 0 Å². The van der Waals surface area contributed by atoms with Gasteiger partial charge in [0.2, 0.25) is 0 Å². The van der Waals surface area contributed by atoms with Gasteiger partial charge in [-0.25, -0.2) is 0 Å². The summed E-state index contributed by atoms with van der Waals surface area (Å²) in [6.07, 6.45) is 3.85. The van der Waals surface area contributed by atoms with Crippen molar-refractivity contribution in [2.75, 3.05) is 5.73 Å². The standard InChI is InChI=1S/C17H19N3O/c1-12-9-14(7-8-19-12)17(21)20(16-5-6-16)11-13-3-2-4-15(18)10-13/h2-4,7-10,16H,5-6,11,18H2,1H3. The molecule has 2 aromatic rings. The van der Waals surface area contributed by atoms with E-state index in [1.807, 2.05) is 42.2 Å². The lowest BCUT2D eigenvalue weighted by molar-refractivity contribution is 0.0729. The van der Waals surface area contributed by atoms with E-state index in [0.29, 0.717) is 18.2 Å². The summed E-state index contributed by atoms with van der Waals surface area (Å²) in [4.78, 5) is 18.8. The van der Waals surface area contributed by atoms with Crippen molar-refractivity contribution in [3.63, 3.8) is 0 Å². The van der Waals surface area contributed by atoms with Crippen LogP contribution < -0.4 is 5.73 Å². The molecule has 1 amide bonds. The van der Waals surface area contributed by atoms with Crippen molar-refractivity contribution < 1.29 is 4.79 Å². The predicted octanol–water partition coefficient (Wildman–Crippen LogP) is 2.78. The number of carbonyl (C=O) groups is 1. The first-order chi connectivity index (χ1) is 10.1. The van der Waals surface area contributed by atoms with Crippen LogP contribution >= 0.6 is 0 Å². The summed E-state index contributed by atoms with van der Waals surface area (Å²) in [5.74, 6) is 0.0745. The van der Waals surface area contributed by atoms with Crippen LogP contribution in [0.25, 0.3) is 0 Å². The minimum absolute atomic E-state index is 0.0745. The molecule has 1 fully saturated rings. The maximum atomic E-state index is 12.7. The van der Waals surface area contributed by atoms with Crippen LogP contribution in [0.1, 0.15) is 34.5 Å². The van der Waals surface area contributed by atoms with Crippen molar-refractivity contribution in [1.82, 2.24) is 9.88 Å². The number of nitrogens with two attached hydrogens (primary N) is 1. The molecular formula is C17H19N3O. The van der Waals surface area contributed by atoms with Crippen molar-refractivity contribution in [1.29, 1.82) is 0 Å². The second-order valence-electron chi connectivity index (χ2n) is 5.60. The summed E-state index contributed by atoms with van der Waals surface area (Å²) in [5, 5.41) is 0. The molecule has 1 aliphatic carbocycles. The number of anilines is 1. The second kappa shape index (κ2) is 5.56. The number of pyridine rings is 1. The highest BCUT2D eigenvalue weighted by molar-refractivity contribution is 5.94. The molecule has 1 saturated carbocycles. The zero-order valence-electron chi connectivity index (χ0n) is 12.1. The molecule has 0 unspecified atom stereocenters. The van der Waals surface area contributed by atoms with Crippen LogP contribution in [-0.4, -0.2) is 21.8 Å². The highest BCUT2D eigenvalue weighted by Crippen LogP contribution is 2.30. The lowest BCUT2D eigenvalue weighted by Gasteiger charge is -2.23. The van der Waals surface area contributed by atoms with Crippen molar-refractivity contribution >= 4 is 11.6 Å². The zero-order chi connectivity index (χ0) is 14.8. The Bertz CT molecular complexity index is 665. The fraction of sp³-hybridized carbons (Fsp3) is 0.294. The molecule has 1 aromatic heterocycles. The van der Waals surface area contributed by atoms with Gasteiger partial charge in [0, 0.05) is 35.7 Å². The third-order valence-electron chi connectivity index (χ3n) is 3.70. The van der Waals surface area contributed by atoms with E-state index < -0.39 is 0 Å². The summed E-state index contributed by atoms with van der Waals surface area (Å²) in [6.45, 7) is 2.51. The summed E-state index contributed by atoms with van der Waals surface area (Å²) in [7, 11) is 0. The first-order valence-electron chi connectivity index (χ1n) is 7.21. The van der Waals surface area contributed by atoms with Crippen molar-refractivity contribution in [2.45, 2.75) is 32.4 Å². The van der Waals surface area contributed by atoms with E-state index in [4.69, 9.17) is 5.73 Å². The average Bonchev–Trinajstić information content (AvgIpc) is 3.29. The number of nitrogens with zero attached hydrogens (tertiary/aromatic N) is 2. The molecule has 3 rings (SSSR count). The Morgan fingerprint density at radius 1 is 1.33 bits per heavy atom. The van der Waals surface area contributed by atoms with Crippen LogP contribution in [-0.2, 0) is 6.54 Å². The van der Waals surface area contributed by atoms with Crippen LogP contribution in [0.5, 0.6) is 0 Å². The zero-order valence-corrected chi connectivity index (χ0v) is 12.1. The fourth-order valence-corrected chi connectivity index (χ4v) is 2.49. The minimum Gasteiger partial charge on any atom is -0.399 e. The van der Waals surface area contributed by atoms with Crippen LogP contribution in [0, 0.1) is 6.92 Å². The number of benzene rings is 1. The molecule has 108 valence electrons. The number of hydrogen-bond acceptors (Lipinski definition) is 3. The largest absolute Gasteiger partial charge is 0.399 e. The molecule has 1 aromatic carbocycles. The number of rotatable bonds is 4. The van der Waals surface area contributed by atoms with Gasteiger partial charge in [-0.3, -0.25) is 9.78 Å². The van der Waals surface area contributed by atoms with Crippen LogP contribution in [0.4, 0.5) is 5.69 Å². The fourth-order valence-electron chi connectivity index (χ4n) is 2.49. The van der Waals surface area contributed by atoms with E-state index in [-0.39, 0.29) is 5.91 Å². The van der Waals surface area contributed by atoms with Gasteiger partial charge in [-0.15, -0.1) is 0 Å².